The smallest absolute Gasteiger partial charge is 0.129 e. The summed E-state index contributed by atoms with van der Waals surface area (Å²) in [6.45, 7) is 1.91. The van der Waals surface area contributed by atoms with E-state index in [4.69, 9.17) is 0 Å². The summed E-state index contributed by atoms with van der Waals surface area (Å²) in [4.78, 5) is 0. The van der Waals surface area contributed by atoms with Crippen LogP contribution in [0.15, 0.2) is 40.9 Å². The van der Waals surface area contributed by atoms with Crippen LogP contribution in [-0.4, -0.2) is 5.11 Å². The summed E-state index contributed by atoms with van der Waals surface area (Å²) >= 11 is 3.31. The number of aryl methyl sites for hydroxylation is 1. The predicted octanol–water partition coefficient (Wildman–Crippen LogP) is 4.12. The summed E-state index contributed by atoms with van der Waals surface area (Å²) in [6.07, 6.45) is -1.20. The predicted molar refractivity (Wildman–Crippen MR) is 69.3 cm³/mol. The van der Waals surface area contributed by atoms with Gasteiger partial charge in [0.1, 0.15) is 17.7 Å². The highest BCUT2D eigenvalue weighted by Crippen LogP contribution is 2.30. The second kappa shape index (κ2) is 5.16. The first-order valence-corrected chi connectivity index (χ1v) is 6.17. The Morgan fingerprint density at radius 2 is 1.78 bits per heavy atom. The molecule has 0 spiro atoms. The zero-order valence-corrected chi connectivity index (χ0v) is 11.2. The van der Waals surface area contributed by atoms with Gasteiger partial charge in [-0.05, 0) is 42.3 Å². The van der Waals surface area contributed by atoms with Crippen molar-refractivity contribution in [2.24, 2.45) is 0 Å². The van der Waals surface area contributed by atoms with Gasteiger partial charge in [-0.3, -0.25) is 0 Å². The minimum absolute atomic E-state index is 0.0699. The number of rotatable bonds is 2. The minimum atomic E-state index is -1.20. The van der Waals surface area contributed by atoms with Crippen molar-refractivity contribution in [1.82, 2.24) is 0 Å². The molecule has 0 saturated carbocycles. The van der Waals surface area contributed by atoms with Gasteiger partial charge in [-0.15, -0.1) is 0 Å². The van der Waals surface area contributed by atoms with Gasteiger partial charge < -0.3 is 5.11 Å². The Morgan fingerprint density at radius 1 is 1.06 bits per heavy atom. The highest BCUT2D eigenvalue weighted by Gasteiger charge is 2.18. The fourth-order valence-electron chi connectivity index (χ4n) is 1.75. The van der Waals surface area contributed by atoms with Crippen molar-refractivity contribution < 1.29 is 13.9 Å². The van der Waals surface area contributed by atoms with Crippen LogP contribution in [0, 0.1) is 18.6 Å². The maximum Gasteiger partial charge on any atom is 0.129 e. The van der Waals surface area contributed by atoms with E-state index in [1.165, 1.54) is 0 Å². The molecule has 4 heteroatoms. The molecule has 2 aromatic rings. The van der Waals surface area contributed by atoms with Crippen LogP contribution in [0.25, 0.3) is 0 Å². The molecule has 0 aromatic heterocycles. The Hall–Kier alpha value is -1.26. The van der Waals surface area contributed by atoms with Crippen LogP contribution >= 0.6 is 15.9 Å². The van der Waals surface area contributed by atoms with E-state index in [0.29, 0.717) is 10.0 Å². The molecular weight excluding hydrogens is 302 g/mol. The van der Waals surface area contributed by atoms with Crippen molar-refractivity contribution >= 4 is 15.9 Å². The van der Waals surface area contributed by atoms with Gasteiger partial charge in [0.2, 0.25) is 0 Å². The summed E-state index contributed by atoms with van der Waals surface area (Å²) in [5.41, 5.74) is 1.45. The third-order valence-corrected chi connectivity index (χ3v) is 3.39. The molecule has 2 rings (SSSR count). The molecule has 94 valence electrons. The van der Waals surface area contributed by atoms with E-state index in [1.54, 1.807) is 12.1 Å². The number of hydrogen-bond donors (Lipinski definition) is 1. The average Bonchev–Trinajstić information content (AvgIpc) is 2.31. The van der Waals surface area contributed by atoms with Gasteiger partial charge in [-0.2, -0.15) is 0 Å². The van der Waals surface area contributed by atoms with Crippen molar-refractivity contribution in [3.63, 3.8) is 0 Å². The summed E-state index contributed by atoms with van der Waals surface area (Å²) in [6, 6.07) is 8.35. The monoisotopic (exact) mass is 312 g/mol. The molecule has 0 heterocycles. The second-order valence-corrected chi connectivity index (χ2v) is 4.95. The van der Waals surface area contributed by atoms with Crippen LogP contribution in [0.4, 0.5) is 8.78 Å². The zero-order chi connectivity index (χ0) is 13.3. The summed E-state index contributed by atoms with van der Waals surface area (Å²) < 4.78 is 27.3. The summed E-state index contributed by atoms with van der Waals surface area (Å²) in [7, 11) is 0. The summed E-state index contributed by atoms with van der Waals surface area (Å²) in [5, 5.41) is 10.1. The molecule has 0 fully saturated rings. The Kier molecular flexibility index (Phi) is 3.78. The van der Waals surface area contributed by atoms with Crippen molar-refractivity contribution in [3.8, 4) is 0 Å². The van der Waals surface area contributed by atoms with Gasteiger partial charge >= 0.3 is 0 Å². The first-order valence-electron chi connectivity index (χ1n) is 5.38. The molecule has 0 saturated heterocycles. The highest BCUT2D eigenvalue weighted by molar-refractivity contribution is 9.10. The molecule has 0 aliphatic carbocycles. The first kappa shape index (κ1) is 13.2. The molecule has 1 nitrogen and oxygen atoms in total. The number of aliphatic hydroxyl groups excluding tert-OH is 1. The minimum Gasteiger partial charge on any atom is -0.384 e. The number of benzene rings is 2. The standard InChI is InChI=1S/C14H11BrF2O/c1-8-2-4-10(12(15)6-8)14(18)11-7-9(16)3-5-13(11)17/h2-7,14,18H,1H3. The maximum atomic E-state index is 13.6. The molecule has 0 bridgehead atoms. The van der Waals surface area contributed by atoms with E-state index >= 15 is 0 Å². The molecule has 1 N–H and O–H groups in total. The van der Waals surface area contributed by atoms with Gasteiger partial charge in [0.25, 0.3) is 0 Å². The normalized spacial score (nSPS) is 12.5. The van der Waals surface area contributed by atoms with Crippen LogP contribution in [0.1, 0.15) is 22.8 Å². The van der Waals surface area contributed by atoms with E-state index in [1.807, 2.05) is 13.0 Å². The van der Waals surface area contributed by atoms with Crippen molar-refractivity contribution in [2.75, 3.05) is 0 Å². The van der Waals surface area contributed by atoms with E-state index in [9.17, 15) is 13.9 Å². The van der Waals surface area contributed by atoms with Crippen LogP contribution in [0.2, 0.25) is 0 Å². The van der Waals surface area contributed by atoms with Gasteiger partial charge in [0.15, 0.2) is 0 Å². The Labute approximate surface area is 112 Å². The topological polar surface area (TPSA) is 20.2 Å². The van der Waals surface area contributed by atoms with Crippen molar-refractivity contribution in [3.05, 3.63) is 69.2 Å². The second-order valence-electron chi connectivity index (χ2n) is 4.09. The molecule has 0 radical (unpaired) electrons. The third-order valence-electron chi connectivity index (χ3n) is 2.70. The van der Waals surface area contributed by atoms with E-state index in [-0.39, 0.29) is 5.56 Å². The van der Waals surface area contributed by atoms with E-state index < -0.39 is 17.7 Å². The molecule has 1 atom stereocenters. The fourth-order valence-corrected chi connectivity index (χ4v) is 2.46. The van der Waals surface area contributed by atoms with E-state index in [2.05, 4.69) is 15.9 Å². The molecule has 0 aliphatic rings. The van der Waals surface area contributed by atoms with Crippen LogP contribution in [-0.2, 0) is 0 Å². The van der Waals surface area contributed by atoms with Gasteiger partial charge in [0.05, 0.1) is 0 Å². The molecule has 1 unspecified atom stereocenters. The highest BCUT2D eigenvalue weighted by atomic mass is 79.9. The molecule has 18 heavy (non-hydrogen) atoms. The first-order chi connectivity index (χ1) is 8.49. The average molecular weight is 313 g/mol. The fraction of sp³-hybridized carbons (Fsp3) is 0.143. The van der Waals surface area contributed by atoms with Crippen LogP contribution in [0.3, 0.4) is 0 Å². The molecular formula is C14H11BrF2O. The van der Waals surface area contributed by atoms with Crippen LogP contribution in [0.5, 0.6) is 0 Å². The molecule has 0 aliphatic heterocycles. The van der Waals surface area contributed by atoms with Gasteiger partial charge in [-0.25, -0.2) is 8.78 Å². The largest absolute Gasteiger partial charge is 0.384 e. The summed E-state index contributed by atoms with van der Waals surface area (Å²) in [5.74, 6) is -1.20. The Balaban J connectivity index is 2.47. The van der Waals surface area contributed by atoms with Gasteiger partial charge in [-0.1, -0.05) is 28.1 Å². The van der Waals surface area contributed by atoms with Crippen molar-refractivity contribution in [1.29, 1.82) is 0 Å². The Bertz CT molecular complexity index is 584. The van der Waals surface area contributed by atoms with Crippen LogP contribution < -0.4 is 0 Å². The lowest BCUT2D eigenvalue weighted by molar-refractivity contribution is 0.213. The van der Waals surface area contributed by atoms with Crippen molar-refractivity contribution in [2.45, 2.75) is 13.0 Å². The lowest BCUT2D eigenvalue weighted by Crippen LogP contribution is -2.04. The number of aliphatic hydroxyl groups is 1. The number of halogens is 3. The maximum absolute atomic E-state index is 13.6. The Morgan fingerprint density at radius 3 is 2.44 bits per heavy atom. The third kappa shape index (κ3) is 2.60. The molecule has 2 aromatic carbocycles. The quantitative estimate of drug-likeness (QED) is 0.884. The van der Waals surface area contributed by atoms with E-state index in [0.717, 1.165) is 23.8 Å². The van der Waals surface area contributed by atoms with Gasteiger partial charge in [0, 0.05) is 10.0 Å². The zero-order valence-electron chi connectivity index (χ0n) is 9.62. The lowest BCUT2D eigenvalue weighted by Gasteiger charge is -2.14. The lowest BCUT2D eigenvalue weighted by atomic mass is 10.00. The molecule has 0 amide bonds. The number of hydrogen-bond acceptors (Lipinski definition) is 1. The SMILES string of the molecule is Cc1ccc(C(O)c2cc(F)ccc2F)c(Br)c1.